The smallest absolute Gasteiger partial charge is 0.433 e. The number of hydrogen-bond acceptors (Lipinski definition) is 4. The summed E-state index contributed by atoms with van der Waals surface area (Å²) >= 11 is 6.08. The van der Waals surface area contributed by atoms with Crippen LogP contribution in [0.25, 0.3) is 27.9 Å². The summed E-state index contributed by atoms with van der Waals surface area (Å²) in [6.07, 6.45) is -1.82. The lowest BCUT2D eigenvalue weighted by Crippen LogP contribution is -2.21. The van der Waals surface area contributed by atoms with Crippen molar-refractivity contribution in [3.05, 3.63) is 106 Å². The van der Waals surface area contributed by atoms with Gasteiger partial charge in [0.1, 0.15) is 11.4 Å². The molecule has 0 saturated carbocycles. The number of alkyl halides is 3. The molecule has 0 aliphatic heterocycles. The Morgan fingerprint density at radius 3 is 2.44 bits per heavy atom. The average Bonchev–Trinajstić information content (AvgIpc) is 3.18. The maximum atomic E-state index is 13.2. The molecule has 0 fully saturated rings. The molecular weight excluding hydrogens is 493 g/mol. The standard InChI is InChI=1S/C26H18ClF3N4O2/c1-36-20-4-2-3-18(13-20)23-21(17-6-8-19(27)9-7-17)11-12-33-24(23)32-34(25(33)35)15-16-5-10-22(31-14-16)26(28,29)30/h2-14H,15H2,1H3. The van der Waals surface area contributed by atoms with Gasteiger partial charge in [0.25, 0.3) is 0 Å². The summed E-state index contributed by atoms with van der Waals surface area (Å²) in [6.45, 7) is -0.0422. The first-order chi connectivity index (χ1) is 17.2. The van der Waals surface area contributed by atoms with E-state index in [1.807, 2.05) is 42.5 Å². The molecule has 10 heteroatoms. The Morgan fingerprint density at radius 1 is 1.00 bits per heavy atom. The second-order valence-corrected chi connectivity index (χ2v) is 8.46. The van der Waals surface area contributed by atoms with E-state index in [-0.39, 0.29) is 6.54 Å². The molecule has 0 aliphatic rings. The monoisotopic (exact) mass is 510 g/mol. The molecular formula is C26H18ClF3N4O2. The van der Waals surface area contributed by atoms with E-state index in [0.717, 1.165) is 29.0 Å². The van der Waals surface area contributed by atoms with Crippen LogP contribution in [0.3, 0.4) is 0 Å². The van der Waals surface area contributed by atoms with E-state index in [1.54, 1.807) is 25.4 Å². The summed E-state index contributed by atoms with van der Waals surface area (Å²) in [5.74, 6) is 0.633. The van der Waals surface area contributed by atoms with Crippen molar-refractivity contribution >= 4 is 17.2 Å². The highest BCUT2D eigenvalue weighted by Crippen LogP contribution is 2.36. The predicted octanol–water partition coefficient (Wildman–Crippen LogP) is 5.95. The third-order valence-corrected chi connectivity index (χ3v) is 5.97. The second-order valence-electron chi connectivity index (χ2n) is 8.03. The van der Waals surface area contributed by atoms with Crippen molar-refractivity contribution < 1.29 is 17.9 Å². The first kappa shape index (κ1) is 23.6. The molecule has 182 valence electrons. The van der Waals surface area contributed by atoms with Gasteiger partial charge in [0.2, 0.25) is 0 Å². The lowest BCUT2D eigenvalue weighted by atomic mass is 9.95. The van der Waals surface area contributed by atoms with Crippen molar-refractivity contribution in [2.75, 3.05) is 7.11 Å². The Balaban J connectivity index is 1.67. The zero-order chi connectivity index (χ0) is 25.4. The van der Waals surface area contributed by atoms with Crippen molar-refractivity contribution in [3.63, 3.8) is 0 Å². The number of ether oxygens (including phenoxy) is 1. The molecule has 0 N–H and O–H groups in total. The van der Waals surface area contributed by atoms with Crippen LogP contribution in [0, 0.1) is 0 Å². The molecule has 0 saturated heterocycles. The minimum atomic E-state index is -4.54. The molecule has 36 heavy (non-hydrogen) atoms. The van der Waals surface area contributed by atoms with Crippen molar-refractivity contribution in [1.82, 2.24) is 19.2 Å². The summed E-state index contributed by atoms with van der Waals surface area (Å²) < 4.78 is 46.6. The number of pyridine rings is 2. The van der Waals surface area contributed by atoms with Gasteiger partial charge < -0.3 is 4.74 Å². The Hall–Kier alpha value is -4.11. The minimum absolute atomic E-state index is 0.0422. The largest absolute Gasteiger partial charge is 0.497 e. The molecule has 0 atom stereocenters. The number of rotatable bonds is 5. The summed E-state index contributed by atoms with van der Waals surface area (Å²) in [6, 6.07) is 18.7. The first-order valence-corrected chi connectivity index (χ1v) is 11.2. The van der Waals surface area contributed by atoms with E-state index in [2.05, 4.69) is 10.1 Å². The fourth-order valence-electron chi connectivity index (χ4n) is 3.97. The van der Waals surface area contributed by atoms with E-state index in [9.17, 15) is 18.0 Å². The molecule has 0 radical (unpaired) electrons. The van der Waals surface area contributed by atoms with Gasteiger partial charge >= 0.3 is 11.9 Å². The summed E-state index contributed by atoms with van der Waals surface area (Å²) in [5, 5.41) is 5.16. The van der Waals surface area contributed by atoms with E-state index in [0.29, 0.717) is 27.5 Å². The Kier molecular flexibility index (Phi) is 6.01. The van der Waals surface area contributed by atoms with Gasteiger partial charge in [-0.3, -0.25) is 4.98 Å². The van der Waals surface area contributed by atoms with Gasteiger partial charge in [-0.2, -0.15) is 13.2 Å². The van der Waals surface area contributed by atoms with Crippen LogP contribution in [0.1, 0.15) is 11.3 Å². The van der Waals surface area contributed by atoms with Crippen LogP contribution in [0.2, 0.25) is 5.02 Å². The molecule has 6 nitrogen and oxygen atoms in total. The van der Waals surface area contributed by atoms with Gasteiger partial charge in [0.15, 0.2) is 5.65 Å². The zero-order valence-corrected chi connectivity index (χ0v) is 19.6. The maximum absolute atomic E-state index is 13.2. The molecule has 0 amide bonds. The predicted molar refractivity (Wildman–Crippen MR) is 130 cm³/mol. The van der Waals surface area contributed by atoms with E-state index in [1.165, 1.54) is 15.1 Å². The summed E-state index contributed by atoms with van der Waals surface area (Å²) in [4.78, 5) is 16.7. The molecule has 5 rings (SSSR count). The topological polar surface area (TPSA) is 61.4 Å². The molecule has 0 unspecified atom stereocenters. The highest BCUT2D eigenvalue weighted by Gasteiger charge is 2.32. The number of aromatic nitrogens is 4. The number of nitrogens with zero attached hydrogens (tertiary/aromatic N) is 4. The Morgan fingerprint density at radius 2 is 1.78 bits per heavy atom. The lowest BCUT2D eigenvalue weighted by molar-refractivity contribution is -0.141. The summed E-state index contributed by atoms with van der Waals surface area (Å²) in [7, 11) is 1.57. The fourth-order valence-corrected chi connectivity index (χ4v) is 4.10. The normalized spacial score (nSPS) is 11.7. The lowest BCUT2D eigenvalue weighted by Gasteiger charge is -2.12. The van der Waals surface area contributed by atoms with Crippen LogP contribution in [0.5, 0.6) is 5.75 Å². The highest BCUT2D eigenvalue weighted by atomic mass is 35.5. The van der Waals surface area contributed by atoms with Crippen LogP contribution in [0.15, 0.2) is 83.9 Å². The third kappa shape index (κ3) is 4.45. The number of fused-ring (bicyclic) bond motifs is 1. The van der Waals surface area contributed by atoms with E-state index >= 15 is 0 Å². The average molecular weight is 511 g/mol. The van der Waals surface area contributed by atoms with Crippen molar-refractivity contribution in [1.29, 1.82) is 0 Å². The van der Waals surface area contributed by atoms with Crippen molar-refractivity contribution in [2.45, 2.75) is 12.7 Å². The molecule has 2 aromatic carbocycles. The number of benzene rings is 2. The highest BCUT2D eigenvalue weighted by molar-refractivity contribution is 6.30. The van der Waals surface area contributed by atoms with Crippen LogP contribution < -0.4 is 10.4 Å². The van der Waals surface area contributed by atoms with E-state index < -0.39 is 17.6 Å². The second kappa shape index (κ2) is 9.16. The molecule has 0 spiro atoms. The summed E-state index contributed by atoms with van der Waals surface area (Å²) in [5.41, 5.74) is 2.53. The van der Waals surface area contributed by atoms with Crippen molar-refractivity contribution in [2.24, 2.45) is 0 Å². The molecule has 3 heterocycles. The maximum Gasteiger partial charge on any atom is 0.433 e. The van der Waals surface area contributed by atoms with Crippen LogP contribution in [-0.2, 0) is 12.7 Å². The van der Waals surface area contributed by atoms with Gasteiger partial charge in [-0.05, 0) is 58.7 Å². The zero-order valence-electron chi connectivity index (χ0n) is 18.8. The molecule has 0 bridgehead atoms. The van der Waals surface area contributed by atoms with Gasteiger partial charge in [0.05, 0.1) is 13.7 Å². The van der Waals surface area contributed by atoms with Gasteiger partial charge in [-0.25, -0.2) is 13.9 Å². The fraction of sp³-hybridized carbons (Fsp3) is 0.115. The van der Waals surface area contributed by atoms with Gasteiger partial charge in [-0.1, -0.05) is 41.9 Å². The Bertz CT molecular complexity index is 1610. The van der Waals surface area contributed by atoms with E-state index in [4.69, 9.17) is 16.3 Å². The Labute approximate surface area is 208 Å². The quantitative estimate of drug-likeness (QED) is 0.293. The minimum Gasteiger partial charge on any atom is -0.497 e. The number of halogens is 4. The molecule has 0 aliphatic carbocycles. The first-order valence-electron chi connectivity index (χ1n) is 10.8. The van der Waals surface area contributed by atoms with Crippen molar-refractivity contribution in [3.8, 4) is 28.0 Å². The number of methoxy groups -OCH3 is 1. The molecule has 3 aromatic heterocycles. The van der Waals surface area contributed by atoms with Gasteiger partial charge in [-0.15, -0.1) is 5.10 Å². The third-order valence-electron chi connectivity index (χ3n) is 5.71. The van der Waals surface area contributed by atoms with Gasteiger partial charge in [0, 0.05) is 23.0 Å². The number of hydrogen-bond donors (Lipinski definition) is 0. The van der Waals surface area contributed by atoms with Crippen LogP contribution in [-0.4, -0.2) is 26.3 Å². The molecule has 5 aromatic rings. The van der Waals surface area contributed by atoms with Crippen LogP contribution in [0.4, 0.5) is 13.2 Å². The SMILES string of the molecule is COc1cccc(-c2c(-c3ccc(Cl)cc3)ccn3c(=O)n(Cc4ccc(C(F)(F)F)nc4)nc23)c1. The van der Waals surface area contributed by atoms with Crippen LogP contribution >= 0.6 is 11.6 Å².